The molecule has 8 heteroatoms. The van der Waals surface area contributed by atoms with Crippen molar-refractivity contribution < 1.29 is 19.4 Å². The number of carbonyl (C=O) groups is 2. The molecular formula is C10H12N4O4. The molecule has 1 aliphatic rings. The first-order valence-electron chi connectivity index (χ1n) is 5.34. The Labute approximate surface area is 103 Å². The van der Waals surface area contributed by atoms with E-state index in [0.29, 0.717) is 6.54 Å². The van der Waals surface area contributed by atoms with Crippen LogP contribution in [0.4, 0.5) is 10.7 Å². The highest BCUT2D eigenvalue weighted by Gasteiger charge is 2.29. The van der Waals surface area contributed by atoms with Gasteiger partial charge in [0.1, 0.15) is 0 Å². The number of rotatable bonds is 2. The Hall–Kier alpha value is -2.22. The molecule has 2 N–H and O–H groups in total. The Morgan fingerprint density at radius 2 is 2.17 bits per heavy atom. The third kappa shape index (κ3) is 2.92. The molecular weight excluding hydrogens is 240 g/mol. The molecule has 96 valence electrons. The van der Waals surface area contributed by atoms with Gasteiger partial charge >= 0.3 is 12.0 Å². The normalized spacial score (nSPS) is 19.3. The van der Waals surface area contributed by atoms with Crippen LogP contribution in [0.2, 0.25) is 0 Å². The van der Waals surface area contributed by atoms with Crippen LogP contribution in [0, 0.1) is 0 Å². The van der Waals surface area contributed by atoms with E-state index in [-0.39, 0.29) is 19.1 Å². The van der Waals surface area contributed by atoms with Crippen LogP contribution in [0.1, 0.15) is 0 Å². The first kappa shape index (κ1) is 12.2. The van der Waals surface area contributed by atoms with E-state index in [1.165, 1.54) is 17.3 Å². The lowest BCUT2D eigenvalue weighted by molar-refractivity contribution is -0.154. The molecule has 1 aromatic rings. The average Bonchev–Trinajstić information content (AvgIpc) is 2.40. The van der Waals surface area contributed by atoms with Crippen LogP contribution in [-0.2, 0) is 9.53 Å². The number of carbonyl (C=O) groups excluding carboxylic acids is 1. The van der Waals surface area contributed by atoms with Crippen molar-refractivity contribution in [2.45, 2.75) is 6.10 Å². The Morgan fingerprint density at radius 1 is 1.44 bits per heavy atom. The zero-order valence-corrected chi connectivity index (χ0v) is 9.44. The van der Waals surface area contributed by atoms with Crippen LogP contribution >= 0.6 is 0 Å². The molecule has 0 saturated carbocycles. The average molecular weight is 252 g/mol. The van der Waals surface area contributed by atoms with Crippen LogP contribution < -0.4 is 5.32 Å². The number of ether oxygens (including phenoxy) is 1. The van der Waals surface area contributed by atoms with Crippen LogP contribution in [0.5, 0.6) is 0 Å². The number of nitrogens with zero attached hydrogens (tertiary/aromatic N) is 3. The maximum Gasteiger partial charge on any atom is 0.334 e. The minimum absolute atomic E-state index is 0.00794. The van der Waals surface area contributed by atoms with Gasteiger partial charge in [-0.2, -0.15) is 0 Å². The molecule has 0 radical (unpaired) electrons. The first-order chi connectivity index (χ1) is 8.66. The molecule has 0 aliphatic carbocycles. The minimum Gasteiger partial charge on any atom is -0.479 e. The van der Waals surface area contributed by atoms with Crippen molar-refractivity contribution in [3.63, 3.8) is 0 Å². The van der Waals surface area contributed by atoms with Gasteiger partial charge in [-0.1, -0.05) is 0 Å². The number of anilines is 1. The zero-order valence-electron chi connectivity index (χ0n) is 9.44. The fourth-order valence-electron chi connectivity index (χ4n) is 1.52. The number of aromatic nitrogens is 2. The summed E-state index contributed by atoms with van der Waals surface area (Å²) in [7, 11) is 0. The van der Waals surface area contributed by atoms with Crippen molar-refractivity contribution in [3.05, 3.63) is 18.5 Å². The monoisotopic (exact) mass is 252 g/mol. The SMILES string of the molecule is O=C(O)C1CN(C(=O)Nc2ncccn2)CCO1. The van der Waals surface area contributed by atoms with Gasteiger partial charge in [0.25, 0.3) is 0 Å². The smallest absolute Gasteiger partial charge is 0.334 e. The van der Waals surface area contributed by atoms with Gasteiger partial charge in [0, 0.05) is 18.9 Å². The predicted molar refractivity (Wildman–Crippen MR) is 60.0 cm³/mol. The highest BCUT2D eigenvalue weighted by molar-refractivity contribution is 5.88. The molecule has 18 heavy (non-hydrogen) atoms. The molecule has 1 aliphatic heterocycles. The molecule has 1 saturated heterocycles. The Balaban J connectivity index is 1.95. The van der Waals surface area contributed by atoms with Crippen molar-refractivity contribution >= 4 is 17.9 Å². The van der Waals surface area contributed by atoms with Crippen LogP contribution in [0.15, 0.2) is 18.5 Å². The molecule has 1 fully saturated rings. The highest BCUT2D eigenvalue weighted by Crippen LogP contribution is 2.07. The standard InChI is InChI=1S/C10H12N4O4/c15-8(16)7-6-14(4-5-18-7)10(17)13-9-11-2-1-3-12-9/h1-3,7H,4-6H2,(H,15,16)(H,11,12,13,17). The van der Waals surface area contributed by atoms with E-state index in [2.05, 4.69) is 15.3 Å². The van der Waals surface area contributed by atoms with Crippen molar-refractivity contribution in [1.82, 2.24) is 14.9 Å². The molecule has 2 amide bonds. The van der Waals surface area contributed by atoms with Crippen LogP contribution in [-0.4, -0.2) is 57.8 Å². The summed E-state index contributed by atoms with van der Waals surface area (Å²) in [5.74, 6) is -0.899. The van der Waals surface area contributed by atoms with E-state index < -0.39 is 18.1 Å². The summed E-state index contributed by atoms with van der Waals surface area (Å²) < 4.78 is 5.02. The number of hydrogen-bond donors (Lipinski definition) is 2. The Morgan fingerprint density at radius 3 is 2.83 bits per heavy atom. The zero-order chi connectivity index (χ0) is 13.0. The summed E-state index contributed by atoms with van der Waals surface area (Å²) in [5, 5.41) is 11.3. The van der Waals surface area contributed by atoms with Crippen molar-refractivity contribution in [3.8, 4) is 0 Å². The van der Waals surface area contributed by atoms with Crippen molar-refractivity contribution in [2.75, 3.05) is 25.0 Å². The summed E-state index contributed by atoms with van der Waals surface area (Å²) >= 11 is 0. The summed E-state index contributed by atoms with van der Waals surface area (Å²) in [6, 6.07) is 1.20. The summed E-state index contributed by atoms with van der Waals surface area (Å²) in [6.07, 6.45) is 2.02. The van der Waals surface area contributed by atoms with Gasteiger partial charge in [0.05, 0.1) is 13.2 Å². The second-order valence-electron chi connectivity index (χ2n) is 3.65. The first-order valence-corrected chi connectivity index (χ1v) is 5.34. The quantitative estimate of drug-likeness (QED) is 0.754. The third-order valence-electron chi connectivity index (χ3n) is 2.41. The number of nitrogens with one attached hydrogen (secondary N) is 1. The van der Waals surface area contributed by atoms with Gasteiger partial charge in [-0.15, -0.1) is 0 Å². The molecule has 1 aromatic heterocycles. The topological polar surface area (TPSA) is 105 Å². The maximum atomic E-state index is 11.8. The number of hydrogen-bond acceptors (Lipinski definition) is 5. The van der Waals surface area contributed by atoms with E-state index in [1.807, 2.05) is 0 Å². The Bertz CT molecular complexity index is 439. The van der Waals surface area contributed by atoms with Gasteiger partial charge < -0.3 is 14.7 Å². The maximum absolute atomic E-state index is 11.8. The number of morpholine rings is 1. The fourth-order valence-corrected chi connectivity index (χ4v) is 1.52. The highest BCUT2D eigenvalue weighted by atomic mass is 16.5. The van der Waals surface area contributed by atoms with Gasteiger partial charge in [-0.3, -0.25) is 5.32 Å². The fraction of sp³-hybridized carbons (Fsp3) is 0.400. The number of aliphatic carboxylic acids is 1. The van der Waals surface area contributed by atoms with Crippen LogP contribution in [0.25, 0.3) is 0 Å². The number of amides is 2. The lowest BCUT2D eigenvalue weighted by Crippen LogP contribution is -2.50. The largest absolute Gasteiger partial charge is 0.479 e. The molecule has 0 bridgehead atoms. The number of carboxylic acids is 1. The van der Waals surface area contributed by atoms with E-state index in [9.17, 15) is 9.59 Å². The molecule has 1 unspecified atom stereocenters. The summed E-state index contributed by atoms with van der Waals surface area (Å²) in [5.41, 5.74) is 0. The second kappa shape index (κ2) is 5.41. The van der Waals surface area contributed by atoms with E-state index >= 15 is 0 Å². The second-order valence-corrected chi connectivity index (χ2v) is 3.65. The predicted octanol–water partition coefficient (Wildman–Crippen LogP) is -0.206. The van der Waals surface area contributed by atoms with E-state index in [1.54, 1.807) is 6.07 Å². The number of carboxylic acid groups (broad SMARTS) is 1. The van der Waals surface area contributed by atoms with Crippen LogP contribution in [0.3, 0.4) is 0 Å². The molecule has 1 atom stereocenters. The molecule has 0 spiro atoms. The molecule has 2 heterocycles. The number of urea groups is 1. The summed E-state index contributed by atoms with van der Waals surface area (Å²) in [6.45, 7) is 0.538. The van der Waals surface area contributed by atoms with E-state index in [0.717, 1.165) is 0 Å². The molecule has 0 aromatic carbocycles. The van der Waals surface area contributed by atoms with Gasteiger partial charge in [0.15, 0.2) is 6.10 Å². The van der Waals surface area contributed by atoms with Crippen molar-refractivity contribution in [2.24, 2.45) is 0 Å². The minimum atomic E-state index is -1.08. The van der Waals surface area contributed by atoms with Gasteiger partial charge in [-0.05, 0) is 6.07 Å². The summed E-state index contributed by atoms with van der Waals surface area (Å²) in [4.78, 5) is 31.7. The Kier molecular flexibility index (Phi) is 3.68. The molecule has 2 rings (SSSR count). The lowest BCUT2D eigenvalue weighted by Gasteiger charge is -2.30. The van der Waals surface area contributed by atoms with Crippen molar-refractivity contribution in [1.29, 1.82) is 0 Å². The van der Waals surface area contributed by atoms with E-state index in [4.69, 9.17) is 9.84 Å². The molecule has 8 nitrogen and oxygen atoms in total. The third-order valence-corrected chi connectivity index (χ3v) is 2.41. The van der Waals surface area contributed by atoms with Gasteiger partial charge in [0.2, 0.25) is 5.95 Å². The van der Waals surface area contributed by atoms with Gasteiger partial charge in [-0.25, -0.2) is 19.6 Å². The lowest BCUT2D eigenvalue weighted by atomic mass is 10.3.